The number of carboxylic acids is 1. The Kier molecular flexibility index (Phi) is 8.38. The van der Waals surface area contributed by atoms with Gasteiger partial charge in [-0.2, -0.15) is 0 Å². The molecule has 1 amide bonds. The van der Waals surface area contributed by atoms with Crippen LogP contribution in [0.2, 0.25) is 18.1 Å². The number of aliphatic carboxylic acids is 1. The van der Waals surface area contributed by atoms with Crippen molar-refractivity contribution in [3.63, 3.8) is 0 Å². The molecule has 24 heavy (non-hydrogen) atoms. The lowest BCUT2D eigenvalue weighted by Gasteiger charge is -2.41. The van der Waals surface area contributed by atoms with Gasteiger partial charge in [-0.05, 0) is 45.8 Å². The van der Waals surface area contributed by atoms with Crippen molar-refractivity contribution in [3.05, 3.63) is 0 Å². The summed E-state index contributed by atoms with van der Waals surface area (Å²) in [6.07, 6.45) is -0.863. The van der Waals surface area contributed by atoms with Crippen molar-refractivity contribution in [2.75, 3.05) is 6.67 Å². The molecule has 0 unspecified atom stereocenters. The first kappa shape index (κ1) is 22.8. The van der Waals surface area contributed by atoms with Gasteiger partial charge >= 0.3 is 12.1 Å². The molecule has 2 N–H and O–H groups in total. The van der Waals surface area contributed by atoms with Crippen LogP contribution in [0.15, 0.2) is 0 Å². The molecule has 0 fully saturated rings. The van der Waals surface area contributed by atoms with Crippen molar-refractivity contribution >= 4 is 20.4 Å². The number of carbonyl (C=O) groups excluding carboxylic acids is 1. The summed E-state index contributed by atoms with van der Waals surface area (Å²) in [4.78, 5) is 23.8. The second kappa shape index (κ2) is 8.80. The normalized spacial score (nSPS) is 16.2. The summed E-state index contributed by atoms with van der Waals surface area (Å²) in [6, 6.07) is 0.818. The maximum absolute atomic E-state index is 13.6. The Hall–Kier alpha value is -1.15. The van der Waals surface area contributed by atoms with Gasteiger partial charge in [0.25, 0.3) is 0 Å². The van der Waals surface area contributed by atoms with Crippen molar-refractivity contribution < 1.29 is 28.2 Å². The maximum atomic E-state index is 13.6. The Morgan fingerprint density at radius 3 is 1.88 bits per heavy atom. The molecule has 142 valence electrons. The summed E-state index contributed by atoms with van der Waals surface area (Å²) in [5, 5.41) is 12.0. The number of amides is 1. The first-order valence-electron chi connectivity index (χ1n) is 8.38. The van der Waals surface area contributed by atoms with Crippen molar-refractivity contribution in [1.82, 2.24) is 5.32 Å². The van der Waals surface area contributed by atoms with E-state index in [2.05, 4.69) is 5.32 Å². The van der Waals surface area contributed by atoms with Gasteiger partial charge in [-0.25, -0.2) is 14.0 Å². The van der Waals surface area contributed by atoms with Gasteiger partial charge in [0, 0.05) is 0 Å². The van der Waals surface area contributed by atoms with Gasteiger partial charge in [-0.1, -0.05) is 20.8 Å². The number of carbonyl (C=O) groups is 2. The number of ether oxygens (including phenoxy) is 1. The third kappa shape index (κ3) is 6.05. The molecule has 0 spiro atoms. The fourth-order valence-electron chi connectivity index (χ4n) is 2.45. The molecule has 8 heteroatoms. The minimum absolute atomic E-state index is 0.717. The zero-order valence-corrected chi connectivity index (χ0v) is 16.9. The van der Waals surface area contributed by atoms with Crippen LogP contribution in [0.25, 0.3) is 0 Å². The Labute approximate surface area is 145 Å². The molecule has 0 rings (SSSR count). The van der Waals surface area contributed by atoms with E-state index in [4.69, 9.17) is 9.16 Å². The van der Waals surface area contributed by atoms with Crippen LogP contribution >= 0.6 is 0 Å². The summed E-state index contributed by atoms with van der Waals surface area (Å²) in [6.45, 7) is 11.1. The minimum atomic E-state index is -2.33. The fourth-order valence-corrected chi connectivity index (χ4v) is 5.52. The Bertz CT molecular complexity index is 428. The predicted octanol–water partition coefficient (Wildman–Crippen LogP) is 3.71. The topological polar surface area (TPSA) is 84.9 Å². The number of alkyl halides is 1. The number of nitrogens with one attached hydrogen (secondary N) is 1. The number of halogens is 1. The van der Waals surface area contributed by atoms with E-state index in [9.17, 15) is 19.1 Å². The van der Waals surface area contributed by atoms with Gasteiger partial charge in [-0.3, -0.25) is 0 Å². The van der Waals surface area contributed by atoms with Crippen LogP contribution in [-0.2, 0) is 14.0 Å². The number of hydrogen-bond acceptors (Lipinski definition) is 4. The summed E-state index contributed by atoms with van der Waals surface area (Å²) < 4.78 is 24.7. The molecule has 0 aliphatic rings. The van der Waals surface area contributed by atoms with Crippen LogP contribution in [0.1, 0.15) is 48.5 Å². The molecule has 2 atom stereocenters. The summed E-state index contributed by atoms with van der Waals surface area (Å²) in [5.41, 5.74) is -2.61. The molecular weight excluding hydrogens is 333 g/mol. The molecule has 6 nitrogen and oxygen atoms in total. The van der Waals surface area contributed by atoms with Gasteiger partial charge in [0.2, 0.25) is 0 Å². The molecule has 0 aromatic heterocycles. The van der Waals surface area contributed by atoms with Gasteiger partial charge in [-0.15, -0.1) is 0 Å². The SMILES string of the molecule is CC[Si](CC)(CC)O[C@@](C)(C(=O)O)[C@H](CF)NC(=O)OC(C)(C)C. The van der Waals surface area contributed by atoms with Crippen molar-refractivity contribution in [2.24, 2.45) is 0 Å². The van der Waals surface area contributed by atoms with Crippen molar-refractivity contribution in [3.8, 4) is 0 Å². The highest BCUT2D eigenvalue weighted by Crippen LogP contribution is 2.30. The monoisotopic (exact) mass is 365 g/mol. The molecule has 0 aromatic rings. The third-order valence-electron chi connectivity index (χ3n) is 4.30. The molecule has 0 saturated heterocycles. The molecule has 0 saturated carbocycles. The van der Waals surface area contributed by atoms with Crippen LogP contribution in [0.3, 0.4) is 0 Å². The lowest BCUT2D eigenvalue weighted by atomic mass is 9.98. The number of alkyl carbamates (subject to hydrolysis) is 1. The highest BCUT2D eigenvalue weighted by molar-refractivity contribution is 6.73. The highest BCUT2D eigenvalue weighted by Gasteiger charge is 2.49. The van der Waals surface area contributed by atoms with E-state index in [1.54, 1.807) is 20.8 Å². The van der Waals surface area contributed by atoms with Crippen LogP contribution in [0.4, 0.5) is 9.18 Å². The quantitative estimate of drug-likeness (QED) is 0.608. The Morgan fingerprint density at radius 1 is 1.12 bits per heavy atom. The average Bonchev–Trinajstić information content (AvgIpc) is 2.48. The maximum Gasteiger partial charge on any atom is 0.408 e. The van der Waals surface area contributed by atoms with E-state index in [-0.39, 0.29) is 0 Å². The average molecular weight is 366 g/mol. The van der Waals surface area contributed by atoms with Gasteiger partial charge in [0.15, 0.2) is 13.9 Å². The molecule has 0 aliphatic heterocycles. The van der Waals surface area contributed by atoms with E-state index in [1.807, 2.05) is 20.8 Å². The smallest absolute Gasteiger partial charge is 0.408 e. The fraction of sp³-hybridized carbons (Fsp3) is 0.875. The van der Waals surface area contributed by atoms with E-state index < -0.39 is 44.3 Å². The van der Waals surface area contributed by atoms with Gasteiger partial charge in [0.05, 0.1) is 6.04 Å². The second-order valence-electron chi connectivity index (χ2n) is 7.11. The third-order valence-corrected chi connectivity index (χ3v) is 9.02. The highest BCUT2D eigenvalue weighted by atomic mass is 28.4. The van der Waals surface area contributed by atoms with Gasteiger partial charge < -0.3 is 19.6 Å². The number of carboxylic acid groups (broad SMARTS) is 1. The molecule has 0 radical (unpaired) electrons. The zero-order valence-electron chi connectivity index (χ0n) is 15.9. The summed E-state index contributed by atoms with van der Waals surface area (Å²) in [5.74, 6) is -1.30. The number of rotatable bonds is 9. The Balaban J connectivity index is 5.50. The van der Waals surface area contributed by atoms with Crippen molar-refractivity contribution in [1.29, 1.82) is 0 Å². The zero-order chi connectivity index (χ0) is 19.2. The van der Waals surface area contributed by atoms with E-state index in [0.29, 0.717) is 18.1 Å². The molecule has 0 bridgehead atoms. The first-order valence-corrected chi connectivity index (χ1v) is 10.9. The first-order chi connectivity index (χ1) is 10.9. The summed E-state index contributed by atoms with van der Waals surface area (Å²) >= 11 is 0. The van der Waals surface area contributed by atoms with Crippen LogP contribution < -0.4 is 5.32 Å². The Morgan fingerprint density at radius 2 is 1.58 bits per heavy atom. The molecule has 0 heterocycles. The van der Waals surface area contributed by atoms with E-state index >= 15 is 0 Å². The van der Waals surface area contributed by atoms with Crippen LogP contribution in [0, 0.1) is 0 Å². The number of hydrogen-bond donors (Lipinski definition) is 2. The second-order valence-corrected chi connectivity index (χ2v) is 11.8. The van der Waals surface area contributed by atoms with Crippen LogP contribution in [-0.4, -0.2) is 49.4 Å². The largest absolute Gasteiger partial charge is 0.479 e. The molecular formula is C16H32FNO5Si. The molecule has 0 aromatic carbocycles. The minimum Gasteiger partial charge on any atom is -0.479 e. The van der Waals surface area contributed by atoms with E-state index in [0.717, 1.165) is 0 Å². The lowest BCUT2D eigenvalue weighted by Crippen LogP contribution is -2.62. The van der Waals surface area contributed by atoms with Gasteiger partial charge in [0.1, 0.15) is 12.3 Å². The lowest BCUT2D eigenvalue weighted by molar-refractivity contribution is -0.158. The van der Waals surface area contributed by atoms with Crippen molar-refractivity contribution in [2.45, 2.75) is 83.8 Å². The summed E-state index contributed by atoms with van der Waals surface area (Å²) in [7, 11) is -2.33. The molecule has 0 aliphatic carbocycles. The predicted molar refractivity (Wildman–Crippen MR) is 93.5 cm³/mol. The standard InChI is InChI=1S/C16H32FNO5Si/c1-8-24(9-2,10-3)23-16(7,13(19)20)12(11-17)18-14(21)22-15(4,5)6/h12H,8-11H2,1-7H3,(H,18,21)(H,19,20)/t12-,16+/m0/s1. The van der Waals surface area contributed by atoms with E-state index in [1.165, 1.54) is 6.92 Å². The van der Waals surface area contributed by atoms with Crippen LogP contribution in [0.5, 0.6) is 0 Å².